The summed E-state index contributed by atoms with van der Waals surface area (Å²) in [6, 6.07) is 8.04. The fourth-order valence-corrected chi connectivity index (χ4v) is 1.55. The number of hydrogen-bond donors (Lipinski definition) is 1. The Morgan fingerprint density at radius 3 is 2.06 bits per heavy atom. The Morgan fingerprint density at radius 1 is 1.24 bits per heavy atom. The second-order valence-corrected chi connectivity index (χ2v) is 5.17. The van der Waals surface area contributed by atoms with Gasteiger partial charge in [0, 0.05) is 12.7 Å². The molecule has 0 radical (unpaired) electrons. The minimum Gasteiger partial charge on any atom is -0.480 e. The van der Waals surface area contributed by atoms with Gasteiger partial charge in [-0.15, -0.1) is 0 Å². The second-order valence-electron chi connectivity index (χ2n) is 5.17. The summed E-state index contributed by atoms with van der Waals surface area (Å²) in [7, 11) is 1.80. The van der Waals surface area contributed by atoms with Crippen LogP contribution >= 0.6 is 0 Å². The molecule has 0 aliphatic carbocycles. The van der Waals surface area contributed by atoms with Gasteiger partial charge in [0.1, 0.15) is 5.54 Å². The zero-order valence-corrected chi connectivity index (χ0v) is 11.2. The number of rotatable bonds is 4. The van der Waals surface area contributed by atoms with Gasteiger partial charge in [-0.1, -0.05) is 26.0 Å². The molecule has 0 saturated carbocycles. The first-order valence-electron chi connectivity index (χ1n) is 5.84. The number of aliphatic carboxylic acids is 1. The summed E-state index contributed by atoms with van der Waals surface area (Å²) in [5, 5.41) is 9.17. The quantitative estimate of drug-likeness (QED) is 0.871. The number of benzene rings is 1. The molecule has 0 aliphatic heterocycles. The maximum Gasteiger partial charge on any atom is 0.328 e. The lowest BCUT2D eigenvalue weighted by atomic mass is 10.0. The Labute approximate surface area is 103 Å². The molecule has 0 atom stereocenters. The van der Waals surface area contributed by atoms with Gasteiger partial charge in [-0.25, -0.2) is 4.79 Å². The topological polar surface area (TPSA) is 40.5 Å². The van der Waals surface area contributed by atoms with Crippen LogP contribution in [0.25, 0.3) is 0 Å². The monoisotopic (exact) mass is 235 g/mol. The summed E-state index contributed by atoms with van der Waals surface area (Å²) in [5.41, 5.74) is 1.27. The summed E-state index contributed by atoms with van der Waals surface area (Å²) >= 11 is 0. The molecule has 17 heavy (non-hydrogen) atoms. The van der Waals surface area contributed by atoms with Crippen molar-refractivity contribution in [2.45, 2.75) is 39.2 Å². The van der Waals surface area contributed by atoms with E-state index in [1.54, 1.807) is 25.8 Å². The van der Waals surface area contributed by atoms with Crippen LogP contribution in [0, 0.1) is 0 Å². The number of carbonyl (C=O) groups is 1. The lowest BCUT2D eigenvalue weighted by Gasteiger charge is -2.33. The van der Waals surface area contributed by atoms with Crippen molar-refractivity contribution >= 4 is 11.7 Å². The molecule has 1 N–H and O–H groups in total. The molecule has 0 aromatic heterocycles. The lowest BCUT2D eigenvalue weighted by Crippen LogP contribution is -2.48. The van der Waals surface area contributed by atoms with E-state index in [4.69, 9.17) is 0 Å². The first-order chi connectivity index (χ1) is 7.76. The highest BCUT2D eigenvalue weighted by Crippen LogP contribution is 2.24. The highest BCUT2D eigenvalue weighted by molar-refractivity contribution is 5.82. The molecule has 1 rings (SSSR count). The third kappa shape index (κ3) is 2.78. The van der Waals surface area contributed by atoms with Crippen molar-refractivity contribution in [3.8, 4) is 0 Å². The Kier molecular flexibility index (Phi) is 3.81. The molecule has 3 heteroatoms. The smallest absolute Gasteiger partial charge is 0.328 e. The Bertz CT molecular complexity index is 393. The molecule has 0 fully saturated rings. The van der Waals surface area contributed by atoms with Crippen LogP contribution in [0.4, 0.5) is 5.69 Å². The molecular weight excluding hydrogens is 214 g/mol. The molecule has 3 nitrogen and oxygen atoms in total. The summed E-state index contributed by atoms with van der Waals surface area (Å²) in [6.45, 7) is 7.68. The molecule has 94 valence electrons. The Balaban J connectivity index is 2.98. The predicted octanol–water partition coefficient (Wildman–Crippen LogP) is 3.11. The van der Waals surface area contributed by atoms with Gasteiger partial charge in [-0.2, -0.15) is 0 Å². The van der Waals surface area contributed by atoms with E-state index in [-0.39, 0.29) is 0 Å². The molecule has 0 aliphatic rings. The highest BCUT2D eigenvalue weighted by atomic mass is 16.4. The maximum absolute atomic E-state index is 11.2. The minimum absolute atomic E-state index is 0.488. The largest absolute Gasteiger partial charge is 0.480 e. The molecule has 0 heterocycles. The number of hydrogen-bond acceptors (Lipinski definition) is 2. The first kappa shape index (κ1) is 13.6. The predicted molar refractivity (Wildman–Crippen MR) is 70.6 cm³/mol. The second kappa shape index (κ2) is 4.78. The minimum atomic E-state index is -0.903. The van der Waals surface area contributed by atoms with Gasteiger partial charge in [0.25, 0.3) is 0 Å². The fraction of sp³-hybridized carbons (Fsp3) is 0.500. The van der Waals surface area contributed by atoms with Gasteiger partial charge in [0.15, 0.2) is 0 Å². The normalized spacial score (nSPS) is 11.6. The zero-order chi connectivity index (χ0) is 13.2. The van der Waals surface area contributed by atoms with Gasteiger partial charge < -0.3 is 10.0 Å². The Hall–Kier alpha value is -1.51. The molecule has 0 amide bonds. The van der Waals surface area contributed by atoms with E-state index in [9.17, 15) is 9.90 Å². The number of carboxylic acids is 1. The summed E-state index contributed by atoms with van der Waals surface area (Å²) in [4.78, 5) is 12.9. The van der Waals surface area contributed by atoms with Gasteiger partial charge in [-0.05, 0) is 37.5 Å². The van der Waals surface area contributed by atoms with Crippen molar-refractivity contribution in [3.05, 3.63) is 29.8 Å². The van der Waals surface area contributed by atoms with E-state index in [1.165, 1.54) is 5.56 Å². The number of nitrogens with zero attached hydrogens (tertiary/aromatic N) is 1. The number of carboxylic acid groups (broad SMARTS) is 1. The van der Waals surface area contributed by atoms with Crippen LogP contribution in [-0.4, -0.2) is 23.7 Å². The molecule has 0 bridgehead atoms. The van der Waals surface area contributed by atoms with E-state index >= 15 is 0 Å². The zero-order valence-electron chi connectivity index (χ0n) is 11.2. The van der Waals surface area contributed by atoms with Crippen LogP contribution in [0.15, 0.2) is 24.3 Å². The van der Waals surface area contributed by atoms with Gasteiger partial charge in [0.05, 0.1) is 0 Å². The third-order valence-electron chi connectivity index (χ3n) is 3.31. The van der Waals surface area contributed by atoms with Crippen LogP contribution in [0.5, 0.6) is 0 Å². The summed E-state index contributed by atoms with van der Waals surface area (Å²) in [6.07, 6.45) is 0. The summed E-state index contributed by atoms with van der Waals surface area (Å²) in [5.74, 6) is -0.338. The van der Waals surface area contributed by atoms with Gasteiger partial charge in [0.2, 0.25) is 0 Å². The SMILES string of the molecule is CC(C)c1ccc(N(C)C(C)(C)C(=O)O)cc1. The van der Waals surface area contributed by atoms with E-state index in [0.29, 0.717) is 5.92 Å². The van der Waals surface area contributed by atoms with Crippen molar-refractivity contribution in [1.82, 2.24) is 0 Å². The third-order valence-corrected chi connectivity index (χ3v) is 3.31. The van der Waals surface area contributed by atoms with Crippen molar-refractivity contribution in [1.29, 1.82) is 0 Å². The summed E-state index contributed by atoms with van der Waals surface area (Å²) < 4.78 is 0. The molecular formula is C14H21NO2. The van der Waals surface area contributed by atoms with E-state index in [1.807, 2.05) is 12.1 Å². The van der Waals surface area contributed by atoms with Crippen molar-refractivity contribution in [2.75, 3.05) is 11.9 Å². The van der Waals surface area contributed by atoms with E-state index in [2.05, 4.69) is 26.0 Å². The van der Waals surface area contributed by atoms with Gasteiger partial charge >= 0.3 is 5.97 Å². The van der Waals surface area contributed by atoms with Crippen LogP contribution < -0.4 is 4.90 Å². The molecule has 0 saturated heterocycles. The number of likely N-dealkylation sites (N-methyl/N-ethyl adjacent to an activating group) is 1. The highest BCUT2D eigenvalue weighted by Gasteiger charge is 2.32. The average Bonchev–Trinajstić information content (AvgIpc) is 2.27. The standard InChI is InChI=1S/C14H21NO2/c1-10(2)11-6-8-12(9-7-11)15(5)14(3,4)13(16)17/h6-10H,1-5H3,(H,16,17). The molecule has 1 aromatic carbocycles. The van der Waals surface area contributed by atoms with Crippen molar-refractivity contribution in [3.63, 3.8) is 0 Å². The molecule has 1 aromatic rings. The van der Waals surface area contributed by atoms with Crippen LogP contribution in [0.1, 0.15) is 39.2 Å². The lowest BCUT2D eigenvalue weighted by molar-refractivity contribution is -0.142. The van der Waals surface area contributed by atoms with Crippen molar-refractivity contribution in [2.24, 2.45) is 0 Å². The average molecular weight is 235 g/mol. The maximum atomic E-state index is 11.2. The van der Waals surface area contributed by atoms with Crippen LogP contribution in [0.3, 0.4) is 0 Å². The van der Waals surface area contributed by atoms with E-state index in [0.717, 1.165) is 5.69 Å². The van der Waals surface area contributed by atoms with Crippen LogP contribution in [0.2, 0.25) is 0 Å². The van der Waals surface area contributed by atoms with Gasteiger partial charge in [-0.3, -0.25) is 0 Å². The molecule has 0 unspecified atom stereocenters. The fourth-order valence-electron chi connectivity index (χ4n) is 1.55. The van der Waals surface area contributed by atoms with Crippen LogP contribution in [-0.2, 0) is 4.79 Å². The molecule has 0 spiro atoms. The number of anilines is 1. The van der Waals surface area contributed by atoms with Crippen molar-refractivity contribution < 1.29 is 9.90 Å². The van der Waals surface area contributed by atoms with E-state index < -0.39 is 11.5 Å². The Morgan fingerprint density at radius 2 is 1.71 bits per heavy atom. The first-order valence-corrected chi connectivity index (χ1v) is 5.84.